The van der Waals surface area contributed by atoms with Crippen molar-refractivity contribution in [1.82, 2.24) is 5.32 Å². The smallest absolute Gasteiger partial charge is 0.150 e. The van der Waals surface area contributed by atoms with Crippen LogP contribution in [0.1, 0.15) is 47.5 Å². The van der Waals surface area contributed by atoms with E-state index < -0.39 is 9.84 Å². The second-order valence-corrected chi connectivity index (χ2v) is 8.36. The second kappa shape index (κ2) is 8.92. The van der Waals surface area contributed by atoms with Gasteiger partial charge in [0.25, 0.3) is 0 Å². The Balaban J connectivity index is 3.77. The number of hydrogen-bond donors (Lipinski definition) is 1. The van der Waals surface area contributed by atoms with E-state index in [9.17, 15) is 8.42 Å². The molecule has 0 aliphatic rings. The molecule has 0 aromatic rings. The van der Waals surface area contributed by atoms with Gasteiger partial charge in [-0.05, 0) is 43.7 Å². The van der Waals surface area contributed by atoms with Crippen molar-refractivity contribution in [1.29, 1.82) is 0 Å². The number of nitrogens with one attached hydrogen (secondary N) is 1. The van der Waals surface area contributed by atoms with Crippen molar-refractivity contribution >= 4 is 9.84 Å². The van der Waals surface area contributed by atoms with Crippen molar-refractivity contribution in [2.75, 3.05) is 24.6 Å². The van der Waals surface area contributed by atoms with E-state index in [1.165, 1.54) is 0 Å². The summed E-state index contributed by atoms with van der Waals surface area (Å²) in [5, 5.41) is 3.47. The lowest BCUT2D eigenvalue weighted by atomic mass is 9.92. The van der Waals surface area contributed by atoms with Gasteiger partial charge in [-0.25, -0.2) is 8.42 Å². The molecule has 0 radical (unpaired) electrons. The Morgan fingerprint density at radius 2 is 1.61 bits per heavy atom. The minimum atomic E-state index is -2.78. The highest BCUT2D eigenvalue weighted by molar-refractivity contribution is 7.91. The summed E-state index contributed by atoms with van der Waals surface area (Å²) in [5.74, 6) is 2.49. The van der Waals surface area contributed by atoms with Gasteiger partial charge in [-0.2, -0.15) is 0 Å². The van der Waals surface area contributed by atoms with Crippen LogP contribution in [0.2, 0.25) is 0 Å². The van der Waals surface area contributed by atoms with Gasteiger partial charge in [0.1, 0.15) is 9.84 Å². The third-order valence-corrected chi connectivity index (χ3v) is 5.34. The minimum Gasteiger partial charge on any atom is -0.316 e. The molecule has 0 aromatic carbocycles. The van der Waals surface area contributed by atoms with E-state index in [1.54, 1.807) is 6.92 Å². The SMILES string of the molecule is CCS(=O)(=O)CCCC(C)C(C)CNCC(C)C. The summed E-state index contributed by atoms with van der Waals surface area (Å²) in [4.78, 5) is 0. The van der Waals surface area contributed by atoms with Gasteiger partial charge in [-0.1, -0.05) is 34.6 Å². The van der Waals surface area contributed by atoms with Crippen LogP contribution in [-0.4, -0.2) is 33.0 Å². The molecule has 1 N–H and O–H groups in total. The van der Waals surface area contributed by atoms with Crippen molar-refractivity contribution < 1.29 is 8.42 Å². The first kappa shape index (κ1) is 17.9. The van der Waals surface area contributed by atoms with E-state index in [0.717, 1.165) is 25.9 Å². The third kappa shape index (κ3) is 8.92. The lowest BCUT2D eigenvalue weighted by Crippen LogP contribution is -2.28. The van der Waals surface area contributed by atoms with Crippen LogP contribution in [0.25, 0.3) is 0 Å². The van der Waals surface area contributed by atoms with Gasteiger partial charge >= 0.3 is 0 Å². The first-order valence-corrected chi connectivity index (χ1v) is 9.01. The summed E-state index contributed by atoms with van der Waals surface area (Å²) < 4.78 is 22.8. The molecule has 2 unspecified atom stereocenters. The van der Waals surface area contributed by atoms with Gasteiger partial charge in [0.05, 0.1) is 5.75 Å². The third-order valence-electron chi connectivity index (χ3n) is 3.54. The zero-order chi connectivity index (χ0) is 14.2. The van der Waals surface area contributed by atoms with Gasteiger partial charge in [0.15, 0.2) is 0 Å². The van der Waals surface area contributed by atoms with Crippen LogP contribution in [0.15, 0.2) is 0 Å². The van der Waals surface area contributed by atoms with Gasteiger partial charge in [0, 0.05) is 5.75 Å². The zero-order valence-electron chi connectivity index (χ0n) is 12.7. The quantitative estimate of drug-likeness (QED) is 0.668. The molecule has 0 saturated heterocycles. The first-order chi connectivity index (χ1) is 8.28. The normalized spacial score (nSPS) is 15.9. The summed E-state index contributed by atoms with van der Waals surface area (Å²) in [5.41, 5.74) is 0. The molecular formula is C14H31NO2S. The Labute approximate surface area is 114 Å². The number of sulfone groups is 1. The topological polar surface area (TPSA) is 46.2 Å². The lowest BCUT2D eigenvalue weighted by Gasteiger charge is -2.21. The van der Waals surface area contributed by atoms with Gasteiger partial charge in [-0.3, -0.25) is 0 Å². The van der Waals surface area contributed by atoms with Crippen LogP contribution >= 0.6 is 0 Å². The molecule has 0 aliphatic heterocycles. The predicted octanol–water partition coefficient (Wildman–Crippen LogP) is 2.72. The van der Waals surface area contributed by atoms with Crippen LogP contribution in [0.5, 0.6) is 0 Å². The fourth-order valence-electron chi connectivity index (χ4n) is 1.85. The Morgan fingerprint density at radius 1 is 1.00 bits per heavy atom. The Hall–Kier alpha value is -0.0900. The van der Waals surface area contributed by atoms with E-state index >= 15 is 0 Å². The Kier molecular flexibility index (Phi) is 8.87. The fraction of sp³-hybridized carbons (Fsp3) is 1.00. The highest BCUT2D eigenvalue weighted by Gasteiger charge is 2.14. The van der Waals surface area contributed by atoms with Gasteiger partial charge in [-0.15, -0.1) is 0 Å². The minimum absolute atomic E-state index is 0.271. The molecule has 0 rings (SSSR count). The van der Waals surface area contributed by atoms with Gasteiger partial charge in [0.2, 0.25) is 0 Å². The Bertz CT molecular complexity index is 299. The molecule has 0 spiro atoms. The summed E-state index contributed by atoms with van der Waals surface area (Å²) >= 11 is 0. The molecule has 0 saturated carbocycles. The molecule has 0 heterocycles. The van der Waals surface area contributed by atoms with Crippen LogP contribution in [0.3, 0.4) is 0 Å². The summed E-state index contributed by atoms with van der Waals surface area (Å²) in [7, 11) is -2.78. The number of rotatable bonds is 10. The first-order valence-electron chi connectivity index (χ1n) is 7.19. The maximum Gasteiger partial charge on any atom is 0.150 e. The highest BCUT2D eigenvalue weighted by Crippen LogP contribution is 2.17. The van der Waals surface area contributed by atoms with E-state index in [1.807, 2.05) is 0 Å². The van der Waals surface area contributed by atoms with Crippen molar-refractivity contribution in [3.8, 4) is 0 Å². The average Bonchev–Trinajstić information content (AvgIpc) is 2.28. The van der Waals surface area contributed by atoms with Crippen LogP contribution < -0.4 is 5.32 Å². The molecular weight excluding hydrogens is 246 g/mol. The molecule has 0 aromatic heterocycles. The maximum atomic E-state index is 11.4. The molecule has 0 aliphatic carbocycles. The molecule has 0 amide bonds. The molecule has 2 atom stereocenters. The van der Waals surface area contributed by atoms with E-state index in [2.05, 4.69) is 33.0 Å². The van der Waals surface area contributed by atoms with E-state index in [-0.39, 0.29) is 5.75 Å². The van der Waals surface area contributed by atoms with Crippen molar-refractivity contribution in [2.24, 2.45) is 17.8 Å². The predicted molar refractivity (Wildman–Crippen MR) is 79.6 cm³/mol. The molecule has 3 nitrogen and oxygen atoms in total. The van der Waals surface area contributed by atoms with Crippen LogP contribution in [0.4, 0.5) is 0 Å². The molecule has 4 heteroatoms. The molecule has 18 heavy (non-hydrogen) atoms. The highest BCUT2D eigenvalue weighted by atomic mass is 32.2. The van der Waals surface area contributed by atoms with Crippen LogP contribution in [0, 0.1) is 17.8 Å². The summed E-state index contributed by atoms with van der Waals surface area (Å²) in [6, 6.07) is 0. The molecule has 0 bridgehead atoms. The summed E-state index contributed by atoms with van der Waals surface area (Å²) in [6.07, 6.45) is 1.80. The standard InChI is InChI=1S/C14H31NO2S/c1-6-18(16,17)9-7-8-13(4)14(5)11-15-10-12(2)3/h12-15H,6-11H2,1-5H3. The number of hydrogen-bond acceptors (Lipinski definition) is 3. The van der Waals surface area contributed by atoms with Crippen molar-refractivity contribution in [3.63, 3.8) is 0 Å². The van der Waals surface area contributed by atoms with Crippen molar-refractivity contribution in [2.45, 2.75) is 47.5 Å². The van der Waals surface area contributed by atoms with Gasteiger partial charge < -0.3 is 5.32 Å². The van der Waals surface area contributed by atoms with Crippen molar-refractivity contribution in [3.05, 3.63) is 0 Å². The molecule has 110 valence electrons. The van der Waals surface area contributed by atoms with E-state index in [0.29, 0.717) is 23.5 Å². The Morgan fingerprint density at radius 3 is 2.11 bits per heavy atom. The molecule has 0 fully saturated rings. The van der Waals surface area contributed by atoms with E-state index in [4.69, 9.17) is 0 Å². The fourth-order valence-corrected chi connectivity index (χ4v) is 2.75. The largest absolute Gasteiger partial charge is 0.316 e. The van der Waals surface area contributed by atoms with Crippen LogP contribution in [-0.2, 0) is 9.84 Å². The zero-order valence-corrected chi connectivity index (χ0v) is 13.5. The second-order valence-electron chi connectivity index (χ2n) is 5.89. The monoisotopic (exact) mass is 277 g/mol. The maximum absolute atomic E-state index is 11.4. The summed E-state index contributed by atoms with van der Waals surface area (Å²) in [6.45, 7) is 12.7. The average molecular weight is 277 g/mol. The lowest BCUT2D eigenvalue weighted by molar-refractivity contribution is 0.339.